The molecule has 0 bridgehead atoms. The standard InChI is InChI=1S/C19H15N3OS/c1-13-11-18(20-16-10-6-5-9-15(13)16)24-12-17-21-19(22-23-17)14-7-3-2-4-8-14/h2-11H,12H2,1H3. The summed E-state index contributed by atoms with van der Waals surface area (Å²) in [6, 6.07) is 20.1. The first kappa shape index (κ1) is 14.9. The third kappa shape index (κ3) is 3.03. The average Bonchev–Trinajstić information content (AvgIpc) is 3.10. The van der Waals surface area contributed by atoms with E-state index in [-0.39, 0.29) is 0 Å². The smallest absolute Gasteiger partial charge is 0.237 e. The molecule has 0 amide bonds. The van der Waals surface area contributed by atoms with Gasteiger partial charge in [-0.15, -0.1) is 0 Å². The minimum Gasteiger partial charge on any atom is -0.338 e. The second-order valence-electron chi connectivity index (χ2n) is 5.46. The second-order valence-corrected chi connectivity index (χ2v) is 6.46. The lowest BCUT2D eigenvalue weighted by Gasteiger charge is -2.04. The molecule has 0 spiro atoms. The first-order valence-corrected chi connectivity index (χ1v) is 8.65. The summed E-state index contributed by atoms with van der Waals surface area (Å²) in [5, 5.41) is 6.20. The largest absolute Gasteiger partial charge is 0.338 e. The summed E-state index contributed by atoms with van der Waals surface area (Å²) in [6.07, 6.45) is 0. The molecule has 5 heteroatoms. The normalized spacial score (nSPS) is 11.0. The first-order chi connectivity index (χ1) is 11.8. The van der Waals surface area contributed by atoms with Crippen molar-refractivity contribution >= 4 is 22.7 Å². The zero-order valence-corrected chi connectivity index (χ0v) is 14.0. The predicted octanol–water partition coefficient (Wildman–Crippen LogP) is 4.89. The van der Waals surface area contributed by atoms with E-state index in [4.69, 9.17) is 4.52 Å². The Morgan fingerprint density at radius 1 is 0.958 bits per heavy atom. The van der Waals surface area contributed by atoms with Crippen LogP contribution in [0.1, 0.15) is 11.5 Å². The van der Waals surface area contributed by atoms with E-state index in [0.717, 1.165) is 16.1 Å². The van der Waals surface area contributed by atoms with Crippen LogP contribution in [0.2, 0.25) is 0 Å². The molecule has 0 fully saturated rings. The Morgan fingerprint density at radius 2 is 1.75 bits per heavy atom. The summed E-state index contributed by atoms with van der Waals surface area (Å²) in [4.78, 5) is 9.14. The Morgan fingerprint density at radius 3 is 2.62 bits per heavy atom. The van der Waals surface area contributed by atoms with Crippen molar-refractivity contribution in [2.75, 3.05) is 0 Å². The van der Waals surface area contributed by atoms with Crippen molar-refractivity contribution in [1.29, 1.82) is 0 Å². The van der Waals surface area contributed by atoms with E-state index < -0.39 is 0 Å². The average molecular weight is 333 g/mol. The van der Waals surface area contributed by atoms with Crippen molar-refractivity contribution in [2.45, 2.75) is 17.7 Å². The number of rotatable bonds is 4. The Kier molecular flexibility index (Phi) is 4.01. The van der Waals surface area contributed by atoms with Gasteiger partial charge in [-0.1, -0.05) is 65.4 Å². The van der Waals surface area contributed by atoms with Gasteiger partial charge in [0.2, 0.25) is 11.7 Å². The van der Waals surface area contributed by atoms with Gasteiger partial charge in [-0.25, -0.2) is 4.98 Å². The summed E-state index contributed by atoms with van der Waals surface area (Å²) < 4.78 is 5.35. The van der Waals surface area contributed by atoms with E-state index in [1.807, 2.05) is 48.5 Å². The Hall–Kier alpha value is -2.66. The molecule has 0 aliphatic carbocycles. The summed E-state index contributed by atoms with van der Waals surface area (Å²) in [7, 11) is 0. The Bertz CT molecular complexity index is 982. The second kappa shape index (κ2) is 6.45. The van der Waals surface area contributed by atoms with Gasteiger partial charge in [-0.2, -0.15) is 4.98 Å². The third-order valence-corrected chi connectivity index (χ3v) is 4.64. The van der Waals surface area contributed by atoms with Crippen LogP contribution in [0, 0.1) is 6.92 Å². The fourth-order valence-corrected chi connectivity index (χ4v) is 3.36. The number of aromatic nitrogens is 3. The van der Waals surface area contributed by atoms with Gasteiger partial charge in [0, 0.05) is 10.9 Å². The Labute approximate surface area is 143 Å². The number of para-hydroxylation sites is 1. The minimum atomic E-state index is 0.602. The number of aryl methyl sites for hydroxylation is 1. The van der Waals surface area contributed by atoms with Crippen molar-refractivity contribution in [1.82, 2.24) is 15.1 Å². The molecule has 0 unspecified atom stereocenters. The van der Waals surface area contributed by atoms with E-state index in [1.165, 1.54) is 10.9 Å². The van der Waals surface area contributed by atoms with Crippen molar-refractivity contribution in [3.05, 3.63) is 72.1 Å². The summed E-state index contributed by atoms with van der Waals surface area (Å²) >= 11 is 1.60. The van der Waals surface area contributed by atoms with Gasteiger partial charge in [0.1, 0.15) is 0 Å². The van der Waals surface area contributed by atoms with Gasteiger partial charge in [0.15, 0.2) is 0 Å². The topological polar surface area (TPSA) is 51.8 Å². The monoisotopic (exact) mass is 333 g/mol. The van der Waals surface area contributed by atoms with Crippen LogP contribution in [0.15, 0.2) is 70.2 Å². The molecule has 0 aliphatic heterocycles. The zero-order chi connectivity index (χ0) is 16.4. The fraction of sp³-hybridized carbons (Fsp3) is 0.105. The quantitative estimate of drug-likeness (QED) is 0.498. The molecule has 118 valence electrons. The van der Waals surface area contributed by atoms with Gasteiger partial charge in [-0.3, -0.25) is 0 Å². The molecule has 2 heterocycles. The van der Waals surface area contributed by atoms with Gasteiger partial charge < -0.3 is 4.52 Å². The summed E-state index contributed by atoms with van der Waals surface area (Å²) in [6.45, 7) is 2.11. The first-order valence-electron chi connectivity index (χ1n) is 7.67. The molecule has 4 rings (SSSR count). The maximum absolute atomic E-state index is 5.35. The highest BCUT2D eigenvalue weighted by Crippen LogP contribution is 2.26. The van der Waals surface area contributed by atoms with E-state index in [0.29, 0.717) is 17.5 Å². The molecule has 0 saturated carbocycles. The minimum absolute atomic E-state index is 0.602. The van der Waals surface area contributed by atoms with Crippen LogP contribution in [0.5, 0.6) is 0 Å². The molecular formula is C19H15N3OS. The van der Waals surface area contributed by atoms with Crippen LogP contribution in [0.3, 0.4) is 0 Å². The lowest BCUT2D eigenvalue weighted by molar-refractivity contribution is 0.391. The van der Waals surface area contributed by atoms with Gasteiger partial charge in [0.25, 0.3) is 0 Å². The van der Waals surface area contributed by atoms with E-state index in [2.05, 4.69) is 34.2 Å². The number of fused-ring (bicyclic) bond motifs is 1. The van der Waals surface area contributed by atoms with Crippen LogP contribution in [-0.2, 0) is 5.75 Å². The molecule has 0 saturated heterocycles. The van der Waals surface area contributed by atoms with Crippen molar-refractivity contribution < 1.29 is 4.52 Å². The van der Waals surface area contributed by atoms with Crippen molar-refractivity contribution in [3.8, 4) is 11.4 Å². The number of thioether (sulfide) groups is 1. The van der Waals surface area contributed by atoms with E-state index in [9.17, 15) is 0 Å². The fourth-order valence-electron chi connectivity index (χ4n) is 2.55. The highest BCUT2D eigenvalue weighted by molar-refractivity contribution is 7.98. The highest BCUT2D eigenvalue weighted by atomic mass is 32.2. The van der Waals surface area contributed by atoms with Crippen LogP contribution >= 0.6 is 11.8 Å². The number of benzene rings is 2. The molecule has 24 heavy (non-hydrogen) atoms. The predicted molar refractivity (Wildman–Crippen MR) is 95.8 cm³/mol. The van der Waals surface area contributed by atoms with Gasteiger partial charge >= 0.3 is 0 Å². The van der Waals surface area contributed by atoms with E-state index in [1.54, 1.807) is 11.8 Å². The number of pyridine rings is 1. The SMILES string of the molecule is Cc1cc(SCc2nc(-c3ccccc3)no2)nc2ccccc12. The molecule has 0 radical (unpaired) electrons. The van der Waals surface area contributed by atoms with Crippen LogP contribution in [0.4, 0.5) is 0 Å². The molecular weight excluding hydrogens is 318 g/mol. The maximum Gasteiger partial charge on any atom is 0.237 e. The summed E-state index contributed by atoms with van der Waals surface area (Å²) in [5.74, 6) is 1.82. The summed E-state index contributed by atoms with van der Waals surface area (Å²) in [5.41, 5.74) is 3.19. The number of hydrogen-bond acceptors (Lipinski definition) is 5. The molecule has 0 atom stereocenters. The Balaban J connectivity index is 1.52. The highest BCUT2D eigenvalue weighted by Gasteiger charge is 2.10. The van der Waals surface area contributed by atoms with Crippen LogP contribution in [0.25, 0.3) is 22.3 Å². The van der Waals surface area contributed by atoms with Crippen LogP contribution < -0.4 is 0 Å². The van der Waals surface area contributed by atoms with E-state index >= 15 is 0 Å². The number of nitrogens with zero attached hydrogens (tertiary/aromatic N) is 3. The lowest BCUT2D eigenvalue weighted by Crippen LogP contribution is -1.88. The third-order valence-electron chi connectivity index (χ3n) is 3.74. The lowest BCUT2D eigenvalue weighted by atomic mass is 10.1. The van der Waals surface area contributed by atoms with Crippen molar-refractivity contribution in [2.24, 2.45) is 0 Å². The van der Waals surface area contributed by atoms with Gasteiger partial charge in [0.05, 0.1) is 16.3 Å². The number of hydrogen-bond donors (Lipinski definition) is 0. The molecule has 0 N–H and O–H groups in total. The van der Waals surface area contributed by atoms with Gasteiger partial charge in [-0.05, 0) is 24.6 Å². The molecule has 2 aromatic carbocycles. The zero-order valence-electron chi connectivity index (χ0n) is 13.1. The molecule has 2 aromatic heterocycles. The van der Waals surface area contributed by atoms with Crippen molar-refractivity contribution in [3.63, 3.8) is 0 Å². The molecule has 0 aliphatic rings. The van der Waals surface area contributed by atoms with Crippen LogP contribution in [-0.4, -0.2) is 15.1 Å². The maximum atomic E-state index is 5.35. The molecule has 4 aromatic rings. The molecule has 4 nitrogen and oxygen atoms in total.